The number of nitrogens with zero attached hydrogens (tertiary/aromatic N) is 1. The third kappa shape index (κ3) is 3.08. The molecular formula is C16H15BrN2O4S. The lowest BCUT2D eigenvalue weighted by atomic mass is 10.0. The van der Waals surface area contributed by atoms with Gasteiger partial charge in [-0.1, -0.05) is 46.3 Å². The van der Waals surface area contributed by atoms with E-state index in [2.05, 4.69) is 21.2 Å². The molecule has 1 aromatic carbocycles. The molecule has 2 aliphatic rings. The fraction of sp³-hybridized carbons (Fsp3) is 0.312. The van der Waals surface area contributed by atoms with Gasteiger partial charge in [-0.2, -0.15) is 0 Å². The zero-order valence-corrected chi connectivity index (χ0v) is 15.2. The van der Waals surface area contributed by atoms with E-state index in [4.69, 9.17) is 4.74 Å². The molecule has 0 saturated carbocycles. The molecule has 0 bridgehead atoms. The first-order chi connectivity index (χ1) is 11.5. The van der Waals surface area contributed by atoms with Gasteiger partial charge in [0, 0.05) is 10.2 Å². The maximum atomic E-state index is 12.4. The van der Waals surface area contributed by atoms with Gasteiger partial charge in [0.1, 0.15) is 17.1 Å². The number of benzene rings is 1. The number of hydrogen-bond acceptors (Lipinski definition) is 5. The van der Waals surface area contributed by atoms with Crippen LogP contribution < -0.4 is 5.32 Å². The minimum atomic E-state index is -0.619. The van der Waals surface area contributed by atoms with E-state index in [9.17, 15) is 14.4 Å². The lowest BCUT2D eigenvalue weighted by molar-refractivity contribution is -0.151. The Bertz CT molecular complexity index is 722. The lowest BCUT2D eigenvalue weighted by Crippen LogP contribution is -2.70. The monoisotopic (exact) mass is 410 g/mol. The molecule has 24 heavy (non-hydrogen) atoms. The highest BCUT2D eigenvalue weighted by Gasteiger charge is 2.54. The van der Waals surface area contributed by atoms with Gasteiger partial charge in [0.05, 0.1) is 13.5 Å². The van der Waals surface area contributed by atoms with Crippen molar-refractivity contribution in [2.45, 2.75) is 17.8 Å². The maximum Gasteiger partial charge on any atom is 0.355 e. The van der Waals surface area contributed by atoms with Gasteiger partial charge in [-0.25, -0.2) is 4.79 Å². The number of halogens is 1. The number of nitrogens with one attached hydrogen (secondary N) is 1. The smallest absolute Gasteiger partial charge is 0.355 e. The number of esters is 1. The molecule has 2 heterocycles. The highest BCUT2D eigenvalue weighted by molar-refractivity contribution is 9.11. The van der Waals surface area contributed by atoms with Gasteiger partial charge in [-0.3, -0.25) is 14.5 Å². The Kier molecular flexibility index (Phi) is 4.96. The molecular weight excluding hydrogens is 396 g/mol. The molecule has 1 unspecified atom stereocenters. The van der Waals surface area contributed by atoms with Crippen molar-refractivity contribution in [2.24, 2.45) is 0 Å². The van der Waals surface area contributed by atoms with Gasteiger partial charge in [-0.15, -0.1) is 11.8 Å². The molecule has 1 aromatic rings. The maximum absolute atomic E-state index is 12.4. The second-order valence-electron chi connectivity index (χ2n) is 5.36. The molecule has 6 nitrogen and oxygen atoms in total. The van der Waals surface area contributed by atoms with Crippen molar-refractivity contribution in [1.82, 2.24) is 10.2 Å². The Hall–Kier alpha value is -1.80. The van der Waals surface area contributed by atoms with E-state index in [-0.39, 0.29) is 29.3 Å². The highest BCUT2D eigenvalue weighted by atomic mass is 79.9. The molecule has 1 fully saturated rings. The molecule has 2 amide bonds. The van der Waals surface area contributed by atoms with E-state index in [0.29, 0.717) is 10.2 Å². The summed E-state index contributed by atoms with van der Waals surface area (Å²) in [7, 11) is 1.27. The zero-order valence-electron chi connectivity index (χ0n) is 12.8. The fourth-order valence-corrected chi connectivity index (χ4v) is 4.61. The van der Waals surface area contributed by atoms with E-state index in [1.54, 1.807) is 0 Å². The van der Waals surface area contributed by atoms with E-state index in [0.717, 1.165) is 5.56 Å². The Balaban J connectivity index is 1.67. The summed E-state index contributed by atoms with van der Waals surface area (Å²) >= 11 is 4.81. The summed E-state index contributed by atoms with van der Waals surface area (Å²) in [6, 6.07) is 8.71. The number of ether oxygens (including phenoxy) is 1. The van der Waals surface area contributed by atoms with Crippen molar-refractivity contribution in [1.29, 1.82) is 0 Å². The highest BCUT2D eigenvalue weighted by Crippen LogP contribution is 2.42. The number of carbonyl (C=O) groups excluding carboxylic acids is 3. The zero-order chi connectivity index (χ0) is 17.3. The molecule has 126 valence electrons. The van der Waals surface area contributed by atoms with E-state index < -0.39 is 12.0 Å². The molecule has 0 spiro atoms. The average molecular weight is 411 g/mol. The van der Waals surface area contributed by atoms with Crippen molar-refractivity contribution in [3.63, 3.8) is 0 Å². The Labute approximate surface area is 151 Å². The van der Waals surface area contributed by atoms with Crippen LogP contribution in [0.5, 0.6) is 0 Å². The number of methoxy groups -OCH3 is 1. The number of rotatable bonds is 4. The third-order valence-corrected chi connectivity index (χ3v) is 6.13. The van der Waals surface area contributed by atoms with Crippen LogP contribution in [0.1, 0.15) is 5.56 Å². The summed E-state index contributed by atoms with van der Waals surface area (Å²) in [5.41, 5.74) is 1.10. The fourth-order valence-electron chi connectivity index (χ4n) is 2.67. The minimum absolute atomic E-state index is 0.214. The van der Waals surface area contributed by atoms with Crippen LogP contribution in [0.15, 0.2) is 40.5 Å². The predicted molar refractivity (Wildman–Crippen MR) is 93.1 cm³/mol. The molecule has 2 atom stereocenters. The van der Waals surface area contributed by atoms with Crippen LogP contribution in [0.25, 0.3) is 0 Å². The number of β-lactam (4-membered cyclic amide) rings is 1. The van der Waals surface area contributed by atoms with Crippen molar-refractivity contribution in [3.05, 3.63) is 46.1 Å². The Morgan fingerprint density at radius 3 is 2.75 bits per heavy atom. The number of fused-ring (bicyclic) bond motifs is 1. The SMILES string of the molecule is COC(=O)C1=C(Br)CS[C@@H]2C(NC(=O)Cc3ccccc3)C(=O)N12. The second-order valence-corrected chi connectivity index (χ2v) is 7.42. The van der Waals surface area contributed by atoms with E-state index in [1.807, 2.05) is 30.3 Å². The lowest BCUT2D eigenvalue weighted by Gasteiger charge is -2.49. The summed E-state index contributed by atoms with van der Waals surface area (Å²) in [5, 5.41) is 2.48. The summed E-state index contributed by atoms with van der Waals surface area (Å²) in [5.74, 6) is -0.530. The Morgan fingerprint density at radius 1 is 1.38 bits per heavy atom. The summed E-state index contributed by atoms with van der Waals surface area (Å²) in [6.45, 7) is 0. The van der Waals surface area contributed by atoms with E-state index in [1.165, 1.54) is 23.8 Å². The van der Waals surface area contributed by atoms with Crippen LogP contribution in [-0.4, -0.2) is 47.0 Å². The van der Waals surface area contributed by atoms with Gasteiger partial charge in [0.25, 0.3) is 5.91 Å². The van der Waals surface area contributed by atoms with Crippen LogP contribution in [0, 0.1) is 0 Å². The number of amides is 2. The van der Waals surface area contributed by atoms with Gasteiger partial charge >= 0.3 is 5.97 Å². The van der Waals surface area contributed by atoms with Crippen molar-refractivity contribution >= 4 is 45.5 Å². The topological polar surface area (TPSA) is 75.7 Å². The largest absolute Gasteiger partial charge is 0.464 e. The second kappa shape index (κ2) is 6.98. The molecule has 0 aliphatic carbocycles. The summed E-state index contributed by atoms with van der Waals surface area (Å²) < 4.78 is 5.36. The van der Waals surface area contributed by atoms with Crippen LogP contribution in [0.3, 0.4) is 0 Å². The number of thioether (sulfide) groups is 1. The molecule has 0 radical (unpaired) electrons. The molecule has 1 N–H and O–H groups in total. The van der Waals surface area contributed by atoms with Gasteiger partial charge in [0.2, 0.25) is 5.91 Å². The third-order valence-electron chi connectivity index (χ3n) is 3.82. The molecule has 8 heteroatoms. The first-order valence-electron chi connectivity index (χ1n) is 7.28. The first kappa shape index (κ1) is 17.0. The molecule has 2 aliphatic heterocycles. The first-order valence-corrected chi connectivity index (χ1v) is 9.12. The van der Waals surface area contributed by atoms with Crippen LogP contribution >= 0.6 is 27.7 Å². The van der Waals surface area contributed by atoms with Crippen LogP contribution in [0.2, 0.25) is 0 Å². The van der Waals surface area contributed by atoms with Crippen molar-refractivity contribution < 1.29 is 19.1 Å². The normalized spacial score (nSPS) is 22.6. The molecule has 0 aromatic heterocycles. The summed E-state index contributed by atoms with van der Waals surface area (Å²) in [4.78, 5) is 37.8. The number of hydrogen-bond donors (Lipinski definition) is 1. The average Bonchev–Trinajstić information content (AvgIpc) is 2.59. The van der Waals surface area contributed by atoms with Gasteiger partial charge < -0.3 is 10.1 Å². The van der Waals surface area contributed by atoms with Gasteiger partial charge in [-0.05, 0) is 5.56 Å². The number of carbonyl (C=O) groups is 3. The quantitative estimate of drug-likeness (QED) is 0.599. The molecule has 3 rings (SSSR count). The van der Waals surface area contributed by atoms with E-state index >= 15 is 0 Å². The van der Waals surface area contributed by atoms with Crippen LogP contribution in [0.4, 0.5) is 0 Å². The van der Waals surface area contributed by atoms with Crippen LogP contribution in [-0.2, 0) is 25.5 Å². The molecule has 1 saturated heterocycles. The van der Waals surface area contributed by atoms with Crippen molar-refractivity contribution in [2.75, 3.05) is 12.9 Å². The summed E-state index contributed by atoms with van der Waals surface area (Å²) in [6.07, 6.45) is 0.214. The predicted octanol–water partition coefficient (Wildman–Crippen LogP) is 1.41. The van der Waals surface area contributed by atoms with Gasteiger partial charge in [0.15, 0.2) is 0 Å². The minimum Gasteiger partial charge on any atom is -0.464 e. The Morgan fingerprint density at radius 2 is 2.08 bits per heavy atom. The van der Waals surface area contributed by atoms with Crippen molar-refractivity contribution in [3.8, 4) is 0 Å². The standard InChI is InChI=1S/C16H15BrN2O4S/c1-23-16(22)13-10(17)8-24-15-12(14(21)19(13)15)18-11(20)7-9-5-3-2-4-6-9/h2-6,12,15H,7-8H2,1H3,(H,18,20)/t12?,15-/m1/s1.